The number of carbonyl (C=O) groups excluding carboxylic acids is 1. The molecule has 0 aliphatic carbocycles. The second-order valence-corrected chi connectivity index (χ2v) is 4.03. The number of halogens is 1. The summed E-state index contributed by atoms with van der Waals surface area (Å²) in [6.07, 6.45) is 0.667. The maximum absolute atomic E-state index is 10.9. The molecule has 86 valence electrons. The Morgan fingerprint density at radius 2 is 2.06 bits per heavy atom. The maximum Gasteiger partial charge on any atom is 0.173 e. The highest BCUT2D eigenvalue weighted by atomic mass is 35.5. The molecule has 1 atom stereocenters. The van der Waals surface area contributed by atoms with E-state index in [-0.39, 0.29) is 6.04 Å². The van der Waals surface area contributed by atoms with Crippen LogP contribution in [0.15, 0.2) is 6.07 Å². The lowest BCUT2D eigenvalue weighted by Gasteiger charge is -2.24. The molecule has 0 radical (unpaired) electrons. The third-order valence-corrected chi connectivity index (χ3v) is 2.75. The standard InChI is InChI=1S/C11H12ClNO3/c1-6(13)7-4-9(12)8(5-14)11-10(7)15-2-3-16-11/h4-6H,2-3,13H2,1H3. The van der Waals surface area contributed by atoms with Crippen molar-refractivity contribution in [1.29, 1.82) is 0 Å². The Bertz CT molecular complexity index is 432. The molecule has 1 aliphatic heterocycles. The summed E-state index contributed by atoms with van der Waals surface area (Å²) in [5.41, 5.74) is 6.89. The average molecular weight is 242 g/mol. The summed E-state index contributed by atoms with van der Waals surface area (Å²) in [6.45, 7) is 2.68. The fraction of sp³-hybridized carbons (Fsp3) is 0.364. The van der Waals surface area contributed by atoms with Crippen LogP contribution >= 0.6 is 11.6 Å². The summed E-state index contributed by atoms with van der Waals surface area (Å²) in [5, 5.41) is 0.339. The first-order chi connectivity index (χ1) is 7.65. The van der Waals surface area contributed by atoms with Crippen LogP contribution in [0.1, 0.15) is 28.9 Å². The van der Waals surface area contributed by atoms with Gasteiger partial charge in [0.25, 0.3) is 0 Å². The van der Waals surface area contributed by atoms with Gasteiger partial charge in [-0.15, -0.1) is 0 Å². The van der Waals surface area contributed by atoms with E-state index in [2.05, 4.69) is 0 Å². The Morgan fingerprint density at radius 3 is 2.62 bits per heavy atom. The van der Waals surface area contributed by atoms with Crippen molar-refractivity contribution < 1.29 is 14.3 Å². The number of hydrogen-bond acceptors (Lipinski definition) is 4. The van der Waals surface area contributed by atoms with E-state index in [1.165, 1.54) is 0 Å². The highest BCUT2D eigenvalue weighted by molar-refractivity contribution is 6.33. The molecule has 1 aromatic rings. The normalized spacial score (nSPS) is 15.7. The Labute approximate surface area is 98.3 Å². The maximum atomic E-state index is 10.9. The average Bonchev–Trinajstić information content (AvgIpc) is 2.28. The van der Waals surface area contributed by atoms with Gasteiger partial charge in [-0.1, -0.05) is 11.6 Å². The quantitative estimate of drug-likeness (QED) is 0.804. The molecule has 1 aromatic carbocycles. The molecule has 0 bridgehead atoms. The lowest BCUT2D eigenvalue weighted by molar-refractivity contribution is 0.111. The molecule has 2 N–H and O–H groups in total. The molecule has 1 unspecified atom stereocenters. The number of ether oxygens (including phenoxy) is 2. The van der Waals surface area contributed by atoms with Crippen LogP contribution in [0.3, 0.4) is 0 Å². The molecule has 1 aliphatic rings. The minimum Gasteiger partial charge on any atom is -0.486 e. The van der Waals surface area contributed by atoms with E-state index in [9.17, 15) is 4.79 Å². The summed E-state index contributed by atoms with van der Waals surface area (Å²) < 4.78 is 10.9. The second-order valence-electron chi connectivity index (χ2n) is 3.62. The fourth-order valence-electron chi connectivity index (χ4n) is 1.67. The van der Waals surface area contributed by atoms with Crippen molar-refractivity contribution in [2.75, 3.05) is 13.2 Å². The smallest absolute Gasteiger partial charge is 0.173 e. The number of hydrogen-bond donors (Lipinski definition) is 1. The third kappa shape index (κ3) is 1.74. The van der Waals surface area contributed by atoms with Crippen LogP contribution in [-0.2, 0) is 0 Å². The van der Waals surface area contributed by atoms with E-state index < -0.39 is 0 Å². The molecule has 0 saturated carbocycles. The van der Waals surface area contributed by atoms with Gasteiger partial charge in [-0.05, 0) is 13.0 Å². The largest absolute Gasteiger partial charge is 0.486 e. The van der Waals surface area contributed by atoms with Gasteiger partial charge in [0.15, 0.2) is 17.8 Å². The van der Waals surface area contributed by atoms with Gasteiger partial charge in [0.05, 0.1) is 10.6 Å². The van der Waals surface area contributed by atoms with Crippen molar-refractivity contribution in [1.82, 2.24) is 0 Å². The Kier molecular flexibility index (Phi) is 3.03. The van der Waals surface area contributed by atoms with E-state index in [0.717, 1.165) is 5.56 Å². The monoisotopic (exact) mass is 241 g/mol. The highest BCUT2D eigenvalue weighted by Crippen LogP contribution is 2.42. The topological polar surface area (TPSA) is 61.6 Å². The minimum absolute atomic E-state index is 0.228. The molecular formula is C11H12ClNO3. The van der Waals surface area contributed by atoms with Crippen LogP contribution in [0.25, 0.3) is 0 Å². The zero-order chi connectivity index (χ0) is 11.7. The predicted octanol–water partition coefficient (Wildman–Crippen LogP) is 1.94. The molecule has 0 fully saturated rings. The highest BCUT2D eigenvalue weighted by Gasteiger charge is 2.24. The van der Waals surface area contributed by atoms with E-state index in [0.29, 0.717) is 41.6 Å². The van der Waals surface area contributed by atoms with Crippen molar-refractivity contribution >= 4 is 17.9 Å². The zero-order valence-corrected chi connectivity index (χ0v) is 9.58. The predicted molar refractivity (Wildman–Crippen MR) is 60.4 cm³/mol. The second kappa shape index (κ2) is 4.31. The molecule has 0 aromatic heterocycles. The van der Waals surface area contributed by atoms with E-state index in [1.807, 2.05) is 6.92 Å². The Morgan fingerprint density at radius 1 is 1.44 bits per heavy atom. The number of fused-ring (bicyclic) bond motifs is 1. The molecule has 1 heterocycles. The molecule has 0 saturated heterocycles. The van der Waals surface area contributed by atoms with Gasteiger partial charge in [-0.25, -0.2) is 0 Å². The van der Waals surface area contributed by atoms with E-state index >= 15 is 0 Å². The lowest BCUT2D eigenvalue weighted by Crippen LogP contribution is -2.20. The van der Waals surface area contributed by atoms with Crippen molar-refractivity contribution in [3.63, 3.8) is 0 Å². The molecule has 0 amide bonds. The molecule has 5 heteroatoms. The van der Waals surface area contributed by atoms with Crippen LogP contribution in [0.5, 0.6) is 11.5 Å². The fourth-order valence-corrected chi connectivity index (χ4v) is 1.92. The summed E-state index contributed by atoms with van der Waals surface area (Å²) in [7, 11) is 0. The molecule has 2 rings (SSSR count). The van der Waals surface area contributed by atoms with Crippen LogP contribution in [0.2, 0.25) is 5.02 Å². The van der Waals surface area contributed by atoms with Crippen molar-refractivity contribution in [2.24, 2.45) is 5.73 Å². The first-order valence-electron chi connectivity index (χ1n) is 4.98. The van der Waals surface area contributed by atoms with Crippen LogP contribution in [0.4, 0.5) is 0 Å². The van der Waals surface area contributed by atoms with Gasteiger partial charge in [0.2, 0.25) is 0 Å². The van der Waals surface area contributed by atoms with Crippen LogP contribution in [-0.4, -0.2) is 19.5 Å². The lowest BCUT2D eigenvalue weighted by atomic mass is 10.0. The van der Waals surface area contributed by atoms with Gasteiger partial charge in [-0.3, -0.25) is 4.79 Å². The number of aldehydes is 1. The van der Waals surface area contributed by atoms with Gasteiger partial charge in [0.1, 0.15) is 13.2 Å². The summed E-state index contributed by atoms with van der Waals surface area (Å²) in [6, 6.07) is 1.43. The van der Waals surface area contributed by atoms with Gasteiger partial charge >= 0.3 is 0 Å². The van der Waals surface area contributed by atoms with Gasteiger partial charge in [0, 0.05) is 11.6 Å². The molecular weight excluding hydrogens is 230 g/mol. The van der Waals surface area contributed by atoms with Crippen molar-refractivity contribution in [2.45, 2.75) is 13.0 Å². The van der Waals surface area contributed by atoms with E-state index in [4.69, 9.17) is 26.8 Å². The summed E-state index contributed by atoms with van der Waals surface area (Å²) in [4.78, 5) is 10.9. The minimum atomic E-state index is -0.228. The van der Waals surface area contributed by atoms with Gasteiger partial charge in [-0.2, -0.15) is 0 Å². The summed E-state index contributed by atoms with van der Waals surface area (Å²) >= 11 is 5.99. The van der Waals surface area contributed by atoms with Crippen LogP contribution < -0.4 is 15.2 Å². The first kappa shape index (κ1) is 11.2. The number of carbonyl (C=O) groups is 1. The molecule has 4 nitrogen and oxygen atoms in total. The van der Waals surface area contributed by atoms with E-state index in [1.54, 1.807) is 6.07 Å². The number of benzene rings is 1. The third-order valence-electron chi connectivity index (χ3n) is 2.44. The number of rotatable bonds is 2. The van der Waals surface area contributed by atoms with Crippen molar-refractivity contribution in [3.05, 3.63) is 22.2 Å². The Balaban J connectivity index is 2.66. The number of nitrogens with two attached hydrogens (primary N) is 1. The Hall–Kier alpha value is -1.26. The summed E-state index contributed by atoms with van der Waals surface area (Å²) in [5.74, 6) is 0.939. The van der Waals surface area contributed by atoms with Crippen LogP contribution in [0, 0.1) is 0 Å². The first-order valence-corrected chi connectivity index (χ1v) is 5.35. The molecule has 0 spiro atoms. The van der Waals surface area contributed by atoms with Crippen molar-refractivity contribution in [3.8, 4) is 11.5 Å². The molecule has 16 heavy (non-hydrogen) atoms. The van der Waals surface area contributed by atoms with Gasteiger partial charge < -0.3 is 15.2 Å². The SMILES string of the molecule is CC(N)c1cc(Cl)c(C=O)c2c1OCCO2. The zero-order valence-electron chi connectivity index (χ0n) is 8.83.